The zero-order chi connectivity index (χ0) is 20.4. The van der Waals surface area contributed by atoms with Crippen molar-refractivity contribution >= 4 is 11.9 Å². The van der Waals surface area contributed by atoms with Gasteiger partial charge in [0.25, 0.3) is 0 Å². The molecule has 2 aromatic rings. The second kappa shape index (κ2) is 11.1. The quantitative estimate of drug-likeness (QED) is 0.347. The summed E-state index contributed by atoms with van der Waals surface area (Å²) in [7, 11) is 1.53. The van der Waals surface area contributed by atoms with E-state index >= 15 is 0 Å². The van der Waals surface area contributed by atoms with Crippen LogP contribution in [0.15, 0.2) is 48.5 Å². The van der Waals surface area contributed by atoms with Crippen LogP contribution in [0.4, 0.5) is 0 Å². The summed E-state index contributed by atoms with van der Waals surface area (Å²) in [6, 6.07) is 13.1. The Hall–Kier alpha value is -2.86. The number of methoxy groups -OCH3 is 1. The first-order chi connectivity index (χ1) is 13.5. The summed E-state index contributed by atoms with van der Waals surface area (Å²) in [6.07, 6.45) is 0.939. The Balaban J connectivity index is 1.92. The fourth-order valence-electron chi connectivity index (χ4n) is 2.25. The van der Waals surface area contributed by atoms with E-state index in [1.165, 1.54) is 7.11 Å². The number of hydrogen-bond acceptors (Lipinski definition) is 6. The monoisotopic (exact) mass is 386 g/mol. The SMILES string of the molecule is COCCOC(=O)c1ccc(OC(=O)c2cccc(OCCC(C)C)c2)cc1. The summed E-state index contributed by atoms with van der Waals surface area (Å²) in [5.41, 5.74) is 0.765. The minimum Gasteiger partial charge on any atom is -0.494 e. The summed E-state index contributed by atoms with van der Waals surface area (Å²) in [4.78, 5) is 24.2. The number of rotatable bonds is 10. The number of carbonyl (C=O) groups excluding carboxylic acids is 2. The Morgan fingerprint density at radius 2 is 1.61 bits per heavy atom. The highest BCUT2D eigenvalue weighted by Crippen LogP contribution is 2.18. The standard InChI is InChI=1S/C22H26O6/c1-16(2)11-12-26-20-6-4-5-18(15-20)22(24)28-19-9-7-17(8-10-19)21(23)27-14-13-25-3/h4-10,15-16H,11-14H2,1-3H3. The van der Waals surface area contributed by atoms with Crippen LogP contribution in [0.2, 0.25) is 0 Å². The normalized spacial score (nSPS) is 10.6. The number of carbonyl (C=O) groups is 2. The molecule has 0 unspecified atom stereocenters. The summed E-state index contributed by atoms with van der Waals surface area (Å²) >= 11 is 0. The molecule has 0 saturated heterocycles. The Morgan fingerprint density at radius 3 is 2.29 bits per heavy atom. The van der Waals surface area contributed by atoms with Gasteiger partial charge in [0.05, 0.1) is 24.3 Å². The number of ether oxygens (including phenoxy) is 4. The van der Waals surface area contributed by atoms with Gasteiger partial charge in [0.2, 0.25) is 0 Å². The van der Waals surface area contributed by atoms with E-state index in [0.29, 0.717) is 41.8 Å². The van der Waals surface area contributed by atoms with Crippen LogP contribution in [0.25, 0.3) is 0 Å². The summed E-state index contributed by atoms with van der Waals surface area (Å²) < 4.78 is 20.9. The third-order valence-electron chi connectivity index (χ3n) is 3.85. The van der Waals surface area contributed by atoms with Crippen LogP contribution >= 0.6 is 0 Å². The van der Waals surface area contributed by atoms with Gasteiger partial charge in [-0.15, -0.1) is 0 Å². The average molecular weight is 386 g/mol. The lowest BCUT2D eigenvalue weighted by Gasteiger charge is -2.10. The van der Waals surface area contributed by atoms with Crippen molar-refractivity contribution in [2.45, 2.75) is 20.3 Å². The topological polar surface area (TPSA) is 71.1 Å². The molecule has 0 radical (unpaired) electrons. The van der Waals surface area contributed by atoms with Crippen molar-refractivity contribution in [2.75, 3.05) is 26.9 Å². The van der Waals surface area contributed by atoms with Gasteiger partial charge in [-0.3, -0.25) is 0 Å². The molecule has 150 valence electrons. The zero-order valence-electron chi connectivity index (χ0n) is 16.5. The van der Waals surface area contributed by atoms with Crippen LogP contribution in [-0.4, -0.2) is 38.9 Å². The predicted octanol–water partition coefficient (Wildman–Crippen LogP) is 4.13. The molecule has 0 spiro atoms. The number of benzene rings is 2. The van der Waals surface area contributed by atoms with Gasteiger partial charge >= 0.3 is 11.9 Å². The Labute approximate surface area is 165 Å². The zero-order valence-corrected chi connectivity index (χ0v) is 16.5. The van der Waals surface area contributed by atoms with Crippen molar-refractivity contribution in [1.82, 2.24) is 0 Å². The second-order valence-electron chi connectivity index (χ2n) is 6.60. The van der Waals surface area contributed by atoms with E-state index < -0.39 is 11.9 Å². The highest BCUT2D eigenvalue weighted by atomic mass is 16.6. The molecule has 0 aromatic heterocycles. The lowest BCUT2D eigenvalue weighted by Crippen LogP contribution is -2.11. The van der Waals surface area contributed by atoms with Gasteiger partial charge in [-0.2, -0.15) is 0 Å². The van der Waals surface area contributed by atoms with E-state index in [4.69, 9.17) is 18.9 Å². The molecule has 0 fully saturated rings. The minimum absolute atomic E-state index is 0.182. The van der Waals surface area contributed by atoms with Crippen molar-refractivity contribution in [2.24, 2.45) is 5.92 Å². The van der Waals surface area contributed by atoms with Gasteiger partial charge in [0, 0.05) is 7.11 Å². The molecule has 2 aromatic carbocycles. The summed E-state index contributed by atoms with van der Waals surface area (Å²) in [5.74, 6) is 0.563. The fraction of sp³-hybridized carbons (Fsp3) is 0.364. The molecule has 6 nitrogen and oxygen atoms in total. The molecule has 6 heteroatoms. The van der Waals surface area contributed by atoms with Crippen molar-refractivity contribution in [3.8, 4) is 11.5 Å². The Morgan fingerprint density at radius 1 is 0.857 bits per heavy atom. The molecule has 0 aliphatic carbocycles. The molecule has 0 aliphatic rings. The molecule has 0 N–H and O–H groups in total. The Kier molecular flexibility index (Phi) is 8.49. The van der Waals surface area contributed by atoms with Crippen molar-refractivity contribution in [3.63, 3.8) is 0 Å². The van der Waals surface area contributed by atoms with Gasteiger partial charge in [-0.05, 0) is 54.8 Å². The largest absolute Gasteiger partial charge is 0.494 e. The van der Waals surface area contributed by atoms with E-state index in [0.717, 1.165) is 6.42 Å². The van der Waals surface area contributed by atoms with Crippen LogP contribution in [0.1, 0.15) is 41.0 Å². The lowest BCUT2D eigenvalue weighted by molar-refractivity contribution is 0.0388. The average Bonchev–Trinajstić information content (AvgIpc) is 2.68. The van der Waals surface area contributed by atoms with Crippen molar-refractivity contribution in [1.29, 1.82) is 0 Å². The van der Waals surface area contributed by atoms with Crippen LogP contribution in [0.5, 0.6) is 11.5 Å². The minimum atomic E-state index is -0.496. The molecular weight excluding hydrogens is 360 g/mol. The maximum absolute atomic E-state index is 12.4. The van der Waals surface area contributed by atoms with Crippen LogP contribution in [0.3, 0.4) is 0 Å². The highest BCUT2D eigenvalue weighted by Gasteiger charge is 2.12. The fourth-order valence-corrected chi connectivity index (χ4v) is 2.25. The molecule has 0 amide bonds. The summed E-state index contributed by atoms with van der Waals surface area (Å²) in [5, 5.41) is 0. The van der Waals surface area contributed by atoms with Gasteiger partial charge in [-0.25, -0.2) is 9.59 Å². The third kappa shape index (κ3) is 7.04. The van der Waals surface area contributed by atoms with Gasteiger partial charge in [0.1, 0.15) is 18.1 Å². The number of esters is 2. The van der Waals surface area contributed by atoms with Crippen molar-refractivity contribution in [3.05, 3.63) is 59.7 Å². The smallest absolute Gasteiger partial charge is 0.343 e. The molecule has 0 saturated carbocycles. The summed E-state index contributed by atoms with van der Waals surface area (Å²) in [6.45, 7) is 5.37. The van der Waals surface area contributed by atoms with Crippen LogP contribution in [0, 0.1) is 5.92 Å². The third-order valence-corrected chi connectivity index (χ3v) is 3.85. The lowest BCUT2D eigenvalue weighted by atomic mass is 10.1. The van der Waals surface area contributed by atoms with Gasteiger partial charge in [-0.1, -0.05) is 19.9 Å². The molecule has 0 atom stereocenters. The van der Waals surface area contributed by atoms with Gasteiger partial charge in [0.15, 0.2) is 0 Å². The highest BCUT2D eigenvalue weighted by molar-refractivity contribution is 5.92. The molecule has 0 heterocycles. The van der Waals surface area contributed by atoms with E-state index in [9.17, 15) is 9.59 Å². The molecule has 0 bridgehead atoms. The first-order valence-corrected chi connectivity index (χ1v) is 9.20. The second-order valence-corrected chi connectivity index (χ2v) is 6.60. The first-order valence-electron chi connectivity index (χ1n) is 9.20. The predicted molar refractivity (Wildman–Crippen MR) is 105 cm³/mol. The number of hydrogen-bond donors (Lipinski definition) is 0. The van der Waals surface area contributed by atoms with Gasteiger partial charge < -0.3 is 18.9 Å². The van der Waals surface area contributed by atoms with E-state index in [-0.39, 0.29) is 6.61 Å². The molecular formula is C22H26O6. The maximum Gasteiger partial charge on any atom is 0.343 e. The molecule has 0 aliphatic heterocycles. The molecule has 2 rings (SSSR count). The van der Waals surface area contributed by atoms with E-state index in [2.05, 4.69) is 13.8 Å². The van der Waals surface area contributed by atoms with E-state index in [1.807, 2.05) is 0 Å². The first kappa shape index (κ1) is 21.4. The Bertz CT molecular complexity index is 767. The van der Waals surface area contributed by atoms with Crippen LogP contribution in [-0.2, 0) is 9.47 Å². The van der Waals surface area contributed by atoms with Crippen molar-refractivity contribution < 1.29 is 28.5 Å². The van der Waals surface area contributed by atoms with Crippen LogP contribution < -0.4 is 9.47 Å². The molecule has 28 heavy (non-hydrogen) atoms. The van der Waals surface area contributed by atoms with E-state index in [1.54, 1.807) is 48.5 Å². The maximum atomic E-state index is 12.4.